The third kappa shape index (κ3) is 6.95. The maximum Gasteiger partial charge on any atom is 0.224 e. The number of benzene rings is 2. The van der Waals surface area contributed by atoms with Crippen molar-refractivity contribution in [3.63, 3.8) is 0 Å². The molecule has 150 valence electrons. The first-order valence-corrected chi connectivity index (χ1v) is 9.70. The summed E-state index contributed by atoms with van der Waals surface area (Å²) in [6, 6.07) is 15.8. The Hall–Kier alpha value is -3.02. The van der Waals surface area contributed by atoms with E-state index in [1.54, 1.807) is 7.05 Å². The van der Waals surface area contributed by atoms with Crippen LogP contribution in [0.5, 0.6) is 5.75 Å². The van der Waals surface area contributed by atoms with Crippen molar-refractivity contribution in [1.82, 2.24) is 10.6 Å². The van der Waals surface area contributed by atoms with Gasteiger partial charge < -0.3 is 20.7 Å². The monoisotopic (exact) mass is 382 g/mol. The Kier molecular flexibility index (Phi) is 8.85. The lowest BCUT2D eigenvalue weighted by Gasteiger charge is -2.14. The lowest BCUT2D eigenvalue weighted by atomic mass is 10.2. The first-order valence-electron chi connectivity index (χ1n) is 9.70. The molecule has 0 spiro atoms. The van der Waals surface area contributed by atoms with Gasteiger partial charge in [-0.25, -0.2) is 0 Å². The fourth-order valence-corrected chi connectivity index (χ4v) is 2.69. The van der Waals surface area contributed by atoms with Crippen LogP contribution in [0.25, 0.3) is 0 Å². The van der Waals surface area contributed by atoms with Crippen LogP contribution in [-0.2, 0) is 17.9 Å². The second-order valence-corrected chi connectivity index (χ2v) is 6.32. The summed E-state index contributed by atoms with van der Waals surface area (Å²) in [5, 5.41) is 9.50. The van der Waals surface area contributed by atoms with Gasteiger partial charge in [0, 0.05) is 37.8 Å². The first kappa shape index (κ1) is 21.3. The Morgan fingerprint density at radius 3 is 2.39 bits per heavy atom. The Bertz CT molecular complexity index is 772. The van der Waals surface area contributed by atoms with Crippen LogP contribution in [0.3, 0.4) is 0 Å². The zero-order chi connectivity index (χ0) is 20.2. The third-order valence-corrected chi connectivity index (χ3v) is 4.12. The summed E-state index contributed by atoms with van der Waals surface area (Å²) < 4.78 is 5.66. The molecule has 6 nitrogen and oxygen atoms in total. The molecule has 0 heterocycles. The quantitative estimate of drug-likeness (QED) is 0.457. The van der Waals surface area contributed by atoms with E-state index in [1.807, 2.05) is 62.4 Å². The SMILES string of the molecule is CCCC(=O)Nc1ccc(CNC(=NC)NCc2ccccc2OCC)cc1. The maximum atomic E-state index is 11.6. The number of carbonyl (C=O) groups excluding carboxylic acids is 1. The van der Waals surface area contributed by atoms with Crippen molar-refractivity contribution < 1.29 is 9.53 Å². The van der Waals surface area contributed by atoms with E-state index in [2.05, 4.69) is 20.9 Å². The van der Waals surface area contributed by atoms with E-state index in [9.17, 15) is 4.79 Å². The van der Waals surface area contributed by atoms with Gasteiger partial charge in [-0.2, -0.15) is 0 Å². The molecule has 1 amide bonds. The van der Waals surface area contributed by atoms with Crippen LogP contribution in [0.4, 0.5) is 5.69 Å². The molecule has 0 aliphatic heterocycles. The molecule has 0 unspecified atom stereocenters. The normalized spacial score (nSPS) is 11.0. The largest absolute Gasteiger partial charge is 0.494 e. The van der Waals surface area contributed by atoms with Crippen LogP contribution in [0.15, 0.2) is 53.5 Å². The van der Waals surface area contributed by atoms with Gasteiger partial charge in [0.1, 0.15) is 5.75 Å². The van der Waals surface area contributed by atoms with Crippen molar-refractivity contribution in [3.8, 4) is 5.75 Å². The number of aliphatic imine (C=N–C) groups is 1. The smallest absolute Gasteiger partial charge is 0.224 e. The van der Waals surface area contributed by atoms with E-state index < -0.39 is 0 Å². The van der Waals surface area contributed by atoms with Crippen LogP contribution in [0, 0.1) is 0 Å². The molecule has 6 heteroatoms. The molecular formula is C22H30N4O2. The zero-order valence-corrected chi connectivity index (χ0v) is 16.9. The summed E-state index contributed by atoms with van der Waals surface area (Å²) in [4.78, 5) is 15.9. The molecule has 0 radical (unpaired) electrons. The van der Waals surface area contributed by atoms with Crippen molar-refractivity contribution in [2.75, 3.05) is 19.0 Å². The number of guanidine groups is 1. The highest BCUT2D eigenvalue weighted by Gasteiger charge is 2.05. The molecule has 0 saturated carbocycles. The Balaban J connectivity index is 1.84. The molecule has 0 aromatic heterocycles. The topological polar surface area (TPSA) is 74.8 Å². The number of anilines is 1. The number of carbonyl (C=O) groups is 1. The number of rotatable bonds is 9. The van der Waals surface area contributed by atoms with Gasteiger partial charge in [0.05, 0.1) is 6.61 Å². The lowest BCUT2D eigenvalue weighted by molar-refractivity contribution is -0.116. The molecule has 0 bridgehead atoms. The van der Waals surface area contributed by atoms with Crippen LogP contribution in [-0.4, -0.2) is 25.5 Å². The Labute approximate surface area is 167 Å². The van der Waals surface area contributed by atoms with Gasteiger partial charge >= 0.3 is 0 Å². The minimum Gasteiger partial charge on any atom is -0.494 e. The summed E-state index contributed by atoms with van der Waals surface area (Å²) in [6.07, 6.45) is 1.38. The molecule has 0 fully saturated rings. The van der Waals surface area contributed by atoms with Crippen molar-refractivity contribution in [3.05, 3.63) is 59.7 Å². The van der Waals surface area contributed by atoms with Crippen LogP contribution in [0.1, 0.15) is 37.8 Å². The number of para-hydroxylation sites is 1. The van der Waals surface area contributed by atoms with Crippen LogP contribution < -0.4 is 20.7 Å². The van der Waals surface area contributed by atoms with Crippen molar-refractivity contribution in [1.29, 1.82) is 0 Å². The number of nitrogens with one attached hydrogen (secondary N) is 3. The number of ether oxygens (including phenoxy) is 1. The van der Waals surface area contributed by atoms with Gasteiger partial charge in [-0.05, 0) is 37.1 Å². The zero-order valence-electron chi connectivity index (χ0n) is 16.9. The van der Waals surface area contributed by atoms with E-state index >= 15 is 0 Å². The molecule has 3 N–H and O–H groups in total. The van der Waals surface area contributed by atoms with Crippen molar-refractivity contribution >= 4 is 17.6 Å². The molecule has 2 rings (SSSR count). The van der Waals surface area contributed by atoms with E-state index in [1.165, 1.54) is 0 Å². The van der Waals surface area contributed by atoms with Gasteiger partial charge in [0.25, 0.3) is 0 Å². The summed E-state index contributed by atoms with van der Waals surface area (Å²) >= 11 is 0. The molecule has 0 saturated heterocycles. The van der Waals surface area contributed by atoms with E-state index in [0.29, 0.717) is 32.1 Å². The highest BCUT2D eigenvalue weighted by atomic mass is 16.5. The molecule has 28 heavy (non-hydrogen) atoms. The van der Waals surface area contributed by atoms with E-state index in [4.69, 9.17) is 4.74 Å². The highest BCUT2D eigenvalue weighted by Crippen LogP contribution is 2.17. The minimum atomic E-state index is 0.0466. The minimum absolute atomic E-state index is 0.0466. The van der Waals surface area contributed by atoms with Crippen molar-refractivity contribution in [2.24, 2.45) is 4.99 Å². The number of hydrogen-bond donors (Lipinski definition) is 3. The third-order valence-electron chi connectivity index (χ3n) is 4.12. The number of nitrogens with zero attached hydrogens (tertiary/aromatic N) is 1. The lowest BCUT2D eigenvalue weighted by Crippen LogP contribution is -2.36. The standard InChI is InChI=1S/C22H30N4O2/c1-4-8-21(27)26-19-13-11-17(12-14-19)15-24-22(23-3)25-16-18-9-6-7-10-20(18)28-5-2/h6-7,9-14H,4-5,8,15-16H2,1-3H3,(H,26,27)(H2,23,24,25). The van der Waals surface area contributed by atoms with E-state index in [-0.39, 0.29) is 5.91 Å². The summed E-state index contributed by atoms with van der Waals surface area (Å²) in [5.41, 5.74) is 3.00. The Morgan fingerprint density at radius 1 is 1.00 bits per heavy atom. The van der Waals surface area contributed by atoms with Crippen LogP contribution >= 0.6 is 0 Å². The average molecular weight is 383 g/mol. The molecule has 2 aromatic rings. The number of amides is 1. The molecule has 0 atom stereocenters. The summed E-state index contributed by atoms with van der Waals surface area (Å²) in [7, 11) is 1.75. The van der Waals surface area contributed by atoms with Crippen LogP contribution in [0.2, 0.25) is 0 Å². The van der Waals surface area contributed by atoms with E-state index in [0.717, 1.165) is 29.0 Å². The highest BCUT2D eigenvalue weighted by molar-refractivity contribution is 5.90. The summed E-state index contributed by atoms with van der Waals surface area (Å²) in [6.45, 7) is 5.86. The fourth-order valence-electron chi connectivity index (χ4n) is 2.69. The van der Waals surface area contributed by atoms with Gasteiger partial charge in [0.2, 0.25) is 5.91 Å². The predicted molar refractivity (Wildman–Crippen MR) is 115 cm³/mol. The Morgan fingerprint density at radius 2 is 1.71 bits per heavy atom. The maximum absolute atomic E-state index is 11.6. The van der Waals surface area contributed by atoms with Gasteiger partial charge in [-0.3, -0.25) is 9.79 Å². The number of hydrogen-bond acceptors (Lipinski definition) is 3. The fraction of sp³-hybridized carbons (Fsp3) is 0.364. The summed E-state index contributed by atoms with van der Waals surface area (Å²) in [5.74, 6) is 1.64. The molecule has 0 aliphatic rings. The van der Waals surface area contributed by atoms with Crippen molar-refractivity contribution in [2.45, 2.75) is 39.8 Å². The second kappa shape index (κ2) is 11.6. The molecule has 0 aliphatic carbocycles. The van der Waals surface area contributed by atoms with Gasteiger partial charge in [-0.15, -0.1) is 0 Å². The first-order chi connectivity index (χ1) is 13.7. The second-order valence-electron chi connectivity index (χ2n) is 6.32. The van der Waals surface area contributed by atoms with Gasteiger partial charge in [0.15, 0.2) is 5.96 Å². The predicted octanol–water partition coefficient (Wildman–Crippen LogP) is 3.69. The molecular weight excluding hydrogens is 352 g/mol. The molecule has 2 aromatic carbocycles. The average Bonchev–Trinajstić information content (AvgIpc) is 2.71. The van der Waals surface area contributed by atoms with Gasteiger partial charge in [-0.1, -0.05) is 37.3 Å².